The third-order valence-electron chi connectivity index (χ3n) is 3.74. The molecule has 0 saturated carbocycles. The molecule has 2 heterocycles. The van der Waals surface area contributed by atoms with E-state index in [4.69, 9.17) is 4.74 Å². The summed E-state index contributed by atoms with van der Waals surface area (Å²) in [5.41, 5.74) is 0.0453. The molecule has 25 heavy (non-hydrogen) atoms. The fourth-order valence-corrected chi connectivity index (χ4v) is 3.85. The number of rotatable bonds is 3. The molecule has 1 aliphatic heterocycles. The minimum absolute atomic E-state index is 0.0577. The van der Waals surface area contributed by atoms with Crippen molar-refractivity contribution in [3.63, 3.8) is 0 Å². The fraction of sp³-hybridized carbons (Fsp3) is 0.125. The zero-order valence-corrected chi connectivity index (χ0v) is 14.2. The van der Waals surface area contributed by atoms with E-state index in [0.29, 0.717) is 11.6 Å². The van der Waals surface area contributed by atoms with Crippen molar-refractivity contribution in [3.8, 4) is 5.88 Å². The zero-order valence-electron chi connectivity index (χ0n) is 13.4. The lowest BCUT2D eigenvalue weighted by molar-refractivity contribution is -0.113. The van der Waals surface area contributed by atoms with Crippen LogP contribution in [0.4, 0.5) is 5.69 Å². The molecule has 0 unspecified atom stereocenters. The Morgan fingerprint density at radius 2 is 1.96 bits per heavy atom. The van der Waals surface area contributed by atoms with Crippen LogP contribution < -0.4 is 10.1 Å². The number of aliphatic hydroxyl groups is 1. The second-order valence-corrected chi connectivity index (χ2v) is 7.15. The number of methoxy groups -OCH3 is 1. The van der Waals surface area contributed by atoms with E-state index in [9.17, 15) is 18.3 Å². The van der Waals surface area contributed by atoms with Gasteiger partial charge in [0.2, 0.25) is 5.88 Å². The maximum Gasteiger partial charge on any atom is 0.276 e. The summed E-state index contributed by atoms with van der Waals surface area (Å²) in [6, 6.07) is 9.04. The van der Waals surface area contributed by atoms with E-state index in [1.165, 1.54) is 32.5 Å². The van der Waals surface area contributed by atoms with Crippen LogP contribution in [0.25, 0.3) is 5.76 Å². The number of amides is 1. The number of pyridine rings is 1. The molecule has 0 fully saturated rings. The summed E-state index contributed by atoms with van der Waals surface area (Å²) in [5, 5.41) is 12.9. The first kappa shape index (κ1) is 16.8. The quantitative estimate of drug-likeness (QED) is 0.859. The highest BCUT2D eigenvalue weighted by Crippen LogP contribution is 2.34. The van der Waals surface area contributed by atoms with Gasteiger partial charge in [0.15, 0.2) is 11.5 Å². The molecule has 0 saturated heterocycles. The Labute approximate surface area is 144 Å². The highest BCUT2D eigenvalue weighted by molar-refractivity contribution is 7.89. The molecule has 1 aromatic heterocycles. The molecule has 2 N–H and O–H groups in total. The number of aliphatic hydroxyl groups excluding tert-OH is 1. The number of aromatic nitrogens is 1. The molecule has 1 aromatic carbocycles. The number of benzene rings is 1. The maximum absolute atomic E-state index is 12.6. The van der Waals surface area contributed by atoms with Crippen molar-refractivity contribution in [1.29, 1.82) is 0 Å². The molecule has 0 aliphatic carbocycles. The average Bonchev–Trinajstić information content (AvgIpc) is 2.61. The van der Waals surface area contributed by atoms with Crippen molar-refractivity contribution < 1.29 is 23.1 Å². The molecule has 130 valence electrons. The molecule has 0 atom stereocenters. The van der Waals surface area contributed by atoms with Crippen molar-refractivity contribution in [2.24, 2.45) is 0 Å². The van der Waals surface area contributed by atoms with Crippen molar-refractivity contribution in [2.75, 3.05) is 19.5 Å². The van der Waals surface area contributed by atoms with E-state index in [0.717, 1.165) is 4.31 Å². The number of likely N-dealkylation sites (N-methyl/N-ethyl adjacent to an activating group) is 1. The van der Waals surface area contributed by atoms with E-state index in [1.54, 1.807) is 24.3 Å². The molecule has 8 nitrogen and oxygen atoms in total. The molecule has 0 radical (unpaired) electrons. The number of carbonyl (C=O) groups excluding carboxylic acids is 1. The van der Waals surface area contributed by atoms with Gasteiger partial charge in [-0.15, -0.1) is 0 Å². The number of sulfonamides is 1. The maximum atomic E-state index is 12.6. The second-order valence-electron chi connectivity index (χ2n) is 5.21. The lowest BCUT2D eigenvalue weighted by Crippen LogP contribution is -2.37. The summed E-state index contributed by atoms with van der Waals surface area (Å²) in [7, 11) is -1.26. The van der Waals surface area contributed by atoms with Crippen LogP contribution in [0.5, 0.6) is 5.88 Å². The van der Waals surface area contributed by atoms with Crippen LogP contribution in [-0.4, -0.2) is 42.9 Å². The number of nitrogens with zero attached hydrogens (tertiary/aromatic N) is 2. The number of nitrogens with one attached hydrogen (secondary N) is 1. The number of hydrogen-bond donors (Lipinski definition) is 2. The third-order valence-corrected chi connectivity index (χ3v) is 5.55. The van der Waals surface area contributed by atoms with Gasteiger partial charge in [0.1, 0.15) is 0 Å². The smallest absolute Gasteiger partial charge is 0.276 e. The van der Waals surface area contributed by atoms with Crippen LogP contribution in [-0.2, 0) is 14.8 Å². The van der Waals surface area contributed by atoms with Crippen LogP contribution in [0.15, 0.2) is 53.2 Å². The Bertz CT molecular complexity index is 968. The first-order valence-corrected chi connectivity index (χ1v) is 8.63. The SMILES string of the molecule is COc1ccc(NC(=O)C2=C(O)c3ccccc3S(=O)(=O)N2C)cn1. The Kier molecular flexibility index (Phi) is 4.09. The Hall–Kier alpha value is -3.07. The van der Waals surface area contributed by atoms with Gasteiger partial charge in [-0.2, -0.15) is 0 Å². The van der Waals surface area contributed by atoms with Crippen LogP contribution in [0, 0.1) is 0 Å². The second kappa shape index (κ2) is 6.10. The first-order chi connectivity index (χ1) is 11.9. The number of ether oxygens (including phenoxy) is 1. The molecule has 1 amide bonds. The van der Waals surface area contributed by atoms with E-state index >= 15 is 0 Å². The summed E-state index contributed by atoms with van der Waals surface area (Å²) < 4.78 is 30.8. The van der Waals surface area contributed by atoms with Crippen LogP contribution in [0.1, 0.15) is 5.56 Å². The lowest BCUT2D eigenvalue weighted by atomic mass is 10.1. The Balaban J connectivity index is 2.01. The largest absolute Gasteiger partial charge is 0.505 e. The molecular weight excluding hydrogens is 346 g/mol. The summed E-state index contributed by atoms with van der Waals surface area (Å²) in [5.74, 6) is -0.816. The van der Waals surface area contributed by atoms with Crippen molar-refractivity contribution >= 4 is 27.4 Å². The summed E-state index contributed by atoms with van der Waals surface area (Å²) in [4.78, 5) is 16.4. The van der Waals surface area contributed by atoms with Gasteiger partial charge in [-0.3, -0.25) is 9.10 Å². The third kappa shape index (κ3) is 2.78. The molecule has 0 bridgehead atoms. The number of fused-ring (bicyclic) bond motifs is 1. The van der Waals surface area contributed by atoms with Crippen molar-refractivity contribution in [1.82, 2.24) is 9.29 Å². The monoisotopic (exact) mass is 361 g/mol. The Morgan fingerprint density at radius 3 is 2.60 bits per heavy atom. The van der Waals surface area contributed by atoms with Gasteiger partial charge in [-0.25, -0.2) is 13.4 Å². The van der Waals surface area contributed by atoms with Crippen LogP contribution in [0.2, 0.25) is 0 Å². The van der Waals surface area contributed by atoms with E-state index in [-0.39, 0.29) is 16.2 Å². The van der Waals surface area contributed by atoms with E-state index in [2.05, 4.69) is 10.3 Å². The van der Waals surface area contributed by atoms with Gasteiger partial charge in [-0.1, -0.05) is 12.1 Å². The highest BCUT2D eigenvalue weighted by atomic mass is 32.2. The van der Waals surface area contributed by atoms with Gasteiger partial charge in [-0.05, 0) is 18.2 Å². The molecular formula is C16H15N3O5S. The molecule has 0 spiro atoms. The van der Waals surface area contributed by atoms with Crippen LogP contribution >= 0.6 is 0 Å². The fourth-order valence-electron chi connectivity index (χ4n) is 2.45. The van der Waals surface area contributed by atoms with Gasteiger partial charge in [0, 0.05) is 18.7 Å². The van der Waals surface area contributed by atoms with Gasteiger partial charge in [0.25, 0.3) is 15.9 Å². The van der Waals surface area contributed by atoms with E-state index < -0.39 is 21.7 Å². The summed E-state index contributed by atoms with van der Waals surface area (Å²) >= 11 is 0. The normalized spacial score (nSPS) is 15.5. The zero-order chi connectivity index (χ0) is 18.2. The number of anilines is 1. The first-order valence-electron chi connectivity index (χ1n) is 7.19. The number of carbonyl (C=O) groups is 1. The topological polar surface area (TPSA) is 109 Å². The van der Waals surface area contributed by atoms with Crippen molar-refractivity contribution in [2.45, 2.75) is 4.90 Å². The standard InChI is InChI=1S/C16H15N3O5S/c1-19-14(16(21)18-10-7-8-13(24-2)17-9-10)15(20)11-5-3-4-6-12(11)25(19,22)23/h3-9,20H,1-2H3,(H,18,21). The minimum Gasteiger partial charge on any atom is -0.505 e. The summed E-state index contributed by atoms with van der Waals surface area (Å²) in [6.45, 7) is 0. The molecule has 1 aliphatic rings. The number of hydrogen-bond acceptors (Lipinski definition) is 6. The molecule has 3 rings (SSSR count). The summed E-state index contributed by atoms with van der Waals surface area (Å²) in [6.07, 6.45) is 1.36. The van der Waals surface area contributed by atoms with E-state index in [1.807, 2.05) is 0 Å². The minimum atomic E-state index is -3.93. The van der Waals surface area contributed by atoms with Gasteiger partial charge >= 0.3 is 0 Å². The molecule has 9 heteroatoms. The predicted molar refractivity (Wildman–Crippen MR) is 90.4 cm³/mol. The average molecular weight is 361 g/mol. The molecule has 2 aromatic rings. The van der Waals surface area contributed by atoms with Gasteiger partial charge in [0.05, 0.1) is 23.9 Å². The van der Waals surface area contributed by atoms with Crippen LogP contribution in [0.3, 0.4) is 0 Å². The predicted octanol–water partition coefficient (Wildman–Crippen LogP) is 1.59. The highest BCUT2D eigenvalue weighted by Gasteiger charge is 2.37. The van der Waals surface area contributed by atoms with Gasteiger partial charge < -0.3 is 15.2 Å². The lowest BCUT2D eigenvalue weighted by Gasteiger charge is -2.28. The van der Waals surface area contributed by atoms with Crippen molar-refractivity contribution in [3.05, 3.63) is 53.9 Å². The Morgan fingerprint density at radius 1 is 1.24 bits per heavy atom.